The highest BCUT2D eigenvalue weighted by molar-refractivity contribution is 5.81. The molecule has 0 atom stereocenters. The van der Waals surface area contributed by atoms with E-state index in [1.54, 1.807) is 26.0 Å². The lowest BCUT2D eigenvalue weighted by molar-refractivity contribution is 0.465. The first-order valence-corrected chi connectivity index (χ1v) is 6.65. The van der Waals surface area contributed by atoms with Gasteiger partial charge in [-0.1, -0.05) is 6.07 Å². The van der Waals surface area contributed by atoms with Gasteiger partial charge in [0.1, 0.15) is 22.8 Å². The van der Waals surface area contributed by atoms with Crippen LogP contribution in [-0.2, 0) is 0 Å². The first-order valence-electron chi connectivity index (χ1n) is 6.65. The molecule has 0 unspecified atom stereocenters. The van der Waals surface area contributed by atoms with Crippen molar-refractivity contribution in [3.63, 3.8) is 0 Å². The minimum absolute atomic E-state index is 0.0548. The lowest BCUT2D eigenvalue weighted by Gasteiger charge is -2.12. The molecule has 0 bridgehead atoms. The maximum absolute atomic E-state index is 13.7. The Morgan fingerprint density at radius 2 is 1.68 bits per heavy atom. The second-order valence-electron chi connectivity index (χ2n) is 4.97. The molecule has 0 amide bonds. The van der Waals surface area contributed by atoms with Crippen LogP contribution >= 0.6 is 0 Å². The third kappa shape index (κ3) is 2.39. The van der Waals surface area contributed by atoms with Gasteiger partial charge >= 0.3 is 0 Å². The molecule has 0 aliphatic heterocycles. The molecule has 2 nitrogen and oxygen atoms in total. The number of halogens is 3. The molecule has 0 radical (unpaired) electrons. The SMILES string of the molecule is Cc1nc2c(F)c(F)ccc2cc1Oc1cccc(F)c1C. The summed E-state index contributed by atoms with van der Waals surface area (Å²) in [5, 5.41) is 0.411. The molecule has 0 aliphatic rings. The van der Waals surface area contributed by atoms with Crippen LogP contribution in [0.2, 0.25) is 0 Å². The van der Waals surface area contributed by atoms with Crippen molar-refractivity contribution >= 4 is 10.9 Å². The first-order chi connectivity index (χ1) is 10.5. The van der Waals surface area contributed by atoms with Gasteiger partial charge in [-0.05, 0) is 44.2 Å². The Kier molecular flexibility index (Phi) is 3.48. The van der Waals surface area contributed by atoms with Crippen LogP contribution < -0.4 is 4.74 Å². The summed E-state index contributed by atoms with van der Waals surface area (Å²) in [5.74, 6) is -1.60. The normalized spacial score (nSPS) is 11.0. The fourth-order valence-electron chi connectivity index (χ4n) is 2.17. The number of nitrogens with zero attached hydrogens (tertiary/aromatic N) is 1. The van der Waals surface area contributed by atoms with Gasteiger partial charge < -0.3 is 4.74 Å². The maximum Gasteiger partial charge on any atom is 0.184 e. The van der Waals surface area contributed by atoms with Crippen LogP contribution in [0.3, 0.4) is 0 Å². The van der Waals surface area contributed by atoms with Gasteiger partial charge in [-0.25, -0.2) is 18.2 Å². The monoisotopic (exact) mass is 303 g/mol. The van der Waals surface area contributed by atoms with Crippen LogP contribution in [0, 0.1) is 31.3 Å². The largest absolute Gasteiger partial charge is 0.455 e. The smallest absolute Gasteiger partial charge is 0.184 e. The number of aromatic nitrogens is 1. The molecule has 0 N–H and O–H groups in total. The Balaban J connectivity index is 2.10. The van der Waals surface area contributed by atoms with Crippen molar-refractivity contribution in [1.82, 2.24) is 4.98 Å². The van der Waals surface area contributed by atoms with E-state index < -0.39 is 11.6 Å². The van der Waals surface area contributed by atoms with Crippen LogP contribution in [0.1, 0.15) is 11.3 Å². The average molecular weight is 303 g/mol. The van der Waals surface area contributed by atoms with Crippen molar-refractivity contribution in [3.05, 3.63) is 65.1 Å². The highest BCUT2D eigenvalue weighted by Crippen LogP contribution is 2.31. The zero-order valence-electron chi connectivity index (χ0n) is 12.0. The molecule has 0 fully saturated rings. The molecular formula is C17H12F3NO. The van der Waals surface area contributed by atoms with Crippen LogP contribution in [0.25, 0.3) is 10.9 Å². The lowest BCUT2D eigenvalue weighted by Crippen LogP contribution is -1.97. The highest BCUT2D eigenvalue weighted by atomic mass is 19.2. The van der Waals surface area contributed by atoms with E-state index in [0.717, 1.165) is 6.07 Å². The number of hydrogen-bond donors (Lipinski definition) is 0. The Morgan fingerprint density at radius 1 is 0.909 bits per heavy atom. The van der Waals surface area contributed by atoms with E-state index in [1.807, 2.05) is 0 Å². The summed E-state index contributed by atoms with van der Waals surface area (Å²) in [5.41, 5.74) is 0.703. The zero-order valence-corrected chi connectivity index (χ0v) is 12.0. The molecular weight excluding hydrogens is 291 g/mol. The predicted molar refractivity (Wildman–Crippen MR) is 77.6 cm³/mol. The molecule has 22 heavy (non-hydrogen) atoms. The third-order valence-corrected chi connectivity index (χ3v) is 3.46. The van der Waals surface area contributed by atoms with Crippen LogP contribution in [-0.4, -0.2) is 4.98 Å². The zero-order chi connectivity index (χ0) is 15.9. The van der Waals surface area contributed by atoms with E-state index in [0.29, 0.717) is 28.1 Å². The Morgan fingerprint density at radius 3 is 2.45 bits per heavy atom. The predicted octanol–water partition coefficient (Wildman–Crippen LogP) is 5.06. The van der Waals surface area contributed by atoms with Gasteiger partial charge in [-0.2, -0.15) is 0 Å². The van der Waals surface area contributed by atoms with E-state index in [9.17, 15) is 13.2 Å². The molecule has 3 aromatic rings. The molecule has 1 heterocycles. The fraction of sp³-hybridized carbons (Fsp3) is 0.118. The van der Waals surface area contributed by atoms with E-state index in [4.69, 9.17) is 4.74 Å². The van der Waals surface area contributed by atoms with Crippen LogP contribution in [0.15, 0.2) is 36.4 Å². The number of ether oxygens (including phenoxy) is 1. The summed E-state index contributed by atoms with van der Waals surface area (Å²) in [4.78, 5) is 4.05. The minimum Gasteiger partial charge on any atom is -0.455 e. The molecule has 1 aromatic heterocycles. The van der Waals surface area contributed by atoms with Crippen molar-refractivity contribution in [2.75, 3.05) is 0 Å². The van der Waals surface area contributed by atoms with Gasteiger partial charge in [-0.3, -0.25) is 0 Å². The first kappa shape index (κ1) is 14.4. The van der Waals surface area contributed by atoms with Crippen LogP contribution in [0.5, 0.6) is 11.5 Å². The van der Waals surface area contributed by atoms with Crippen molar-refractivity contribution in [3.8, 4) is 11.5 Å². The molecule has 0 spiro atoms. The number of benzene rings is 2. The molecule has 3 rings (SSSR count). The summed E-state index contributed by atoms with van der Waals surface area (Å²) in [7, 11) is 0. The Labute approximate surface area is 125 Å². The Hall–Kier alpha value is -2.56. The average Bonchev–Trinajstić information content (AvgIpc) is 2.49. The highest BCUT2D eigenvalue weighted by Gasteiger charge is 2.13. The van der Waals surface area contributed by atoms with E-state index in [2.05, 4.69) is 4.98 Å². The number of aryl methyl sites for hydroxylation is 1. The molecule has 5 heteroatoms. The summed E-state index contributed by atoms with van der Waals surface area (Å²) < 4.78 is 46.2. The summed E-state index contributed by atoms with van der Waals surface area (Å²) in [6.45, 7) is 3.22. The topological polar surface area (TPSA) is 22.1 Å². The van der Waals surface area contributed by atoms with Gasteiger partial charge in [0, 0.05) is 10.9 Å². The number of hydrogen-bond acceptors (Lipinski definition) is 2. The fourth-order valence-corrected chi connectivity index (χ4v) is 2.17. The second-order valence-corrected chi connectivity index (χ2v) is 4.97. The molecule has 0 saturated carbocycles. The third-order valence-electron chi connectivity index (χ3n) is 3.46. The molecule has 2 aromatic carbocycles. The quantitative estimate of drug-likeness (QED) is 0.660. The van der Waals surface area contributed by atoms with E-state index in [1.165, 1.54) is 18.2 Å². The second kappa shape index (κ2) is 5.33. The van der Waals surface area contributed by atoms with Gasteiger partial charge in [-0.15, -0.1) is 0 Å². The van der Waals surface area contributed by atoms with Gasteiger partial charge in [0.15, 0.2) is 11.6 Å². The number of fused-ring (bicyclic) bond motifs is 1. The summed E-state index contributed by atoms with van der Waals surface area (Å²) in [6.07, 6.45) is 0. The van der Waals surface area contributed by atoms with Gasteiger partial charge in [0.05, 0.1) is 5.69 Å². The number of pyridine rings is 1. The Bertz CT molecular complexity index is 877. The standard InChI is InChI=1S/C17H12F3NO/c1-9-12(18)4-3-5-14(9)22-15-8-11-6-7-13(19)16(20)17(11)21-10(15)2/h3-8H,1-2H3. The van der Waals surface area contributed by atoms with Gasteiger partial charge in [0.2, 0.25) is 0 Å². The lowest BCUT2D eigenvalue weighted by atomic mass is 10.1. The van der Waals surface area contributed by atoms with Crippen molar-refractivity contribution in [2.45, 2.75) is 13.8 Å². The van der Waals surface area contributed by atoms with Gasteiger partial charge in [0.25, 0.3) is 0 Å². The van der Waals surface area contributed by atoms with E-state index >= 15 is 0 Å². The van der Waals surface area contributed by atoms with Crippen molar-refractivity contribution < 1.29 is 17.9 Å². The number of rotatable bonds is 2. The van der Waals surface area contributed by atoms with E-state index in [-0.39, 0.29) is 11.3 Å². The minimum atomic E-state index is -0.992. The summed E-state index contributed by atoms with van der Waals surface area (Å²) >= 11 is 0. The van der Waals surface area contributed by atoms with Crippen molar-refractivity contribution in [1.29, 1.82) is 0 Å². The van der Waals surface area contributed by atoms with Crippen molar-refractivity contribution in [2.24, 2.45) is 0 Å². The summed E-state index contributed by atoms with van der Waals surface area (Å²) in [6, 6.07) is 8.53. The molecule has 0 aliphatic carbocycles. The maximum atomic E-state index is 13.7. The molecule has 0 saturated heterocycles. The molecule has 112 valence electrons. The van der Waals surface area contributed by atoms with Crippen LogP contribution in [0.4, 0.5) is 13.2 Å².